The molecule has 2 aromatic rings. The van der Waals surface area contributed by atoms with Crippen molar-refractivity contribution in [2.45, 2.75) is 13.8 Å². The van der Waals surface area contributed by atoms with E-state index >= 15 is 0 Å². The Hall–Kier alpha value is -3.12. The summed E-state index contributed by atoms with van der Waals surface area (Å²) in [5, 5.41) is 13.8. The van der Waals surface area contributed by atoms with Crippen LogP contribution in [-0.4, -0.2) is 29.2 Å². The zero-order chi connectivity index (χ0) is 19.8. The molecule has 0 saturated carbocycles. The number of carbonyl (C=O) groups excluding carboxylic acids is 1. The average Bonchev–Trinajstić information content (AvgIpc) is 2.65. The van der Waals surface area contributed by atoms with E-state index in [0.717, 1.165) is 17.4 Å². The number of aliphatic carboxylic acids is 1. The number of ketones is 1. The summed E-state index contributed by atoms with van der Waals surface area (Å²) in [4.78, 5) is 23.6. The van der Waals surface area contributed by atoms with Crippen LogP contribution in [0.3, 0.4) is 0 Å². The molecule has 0 aromatic heterocycles. The molecule has 0 unspecified atom stereocenters. The van der Waals surface area contributed by atoms with Crippen LogP contribution in [0.25, 0.3) is 0 Å². The molecule has 0 heterocycles. The molecule has 2 N–H and O–H groups in total. The van der Waals surface area contributed by atoms with Gasteiger partial charge in [0.15, 0.2) is 5.78 Å². The largest absolute Gasteiger partial charge is 0.494 e. The normalized spacial score (nSPS) is 11.8. The topological polar surface area (TPSA) is 88.0 Å². The molecule has 0 fully saturated rings. The van der Waals surface area contributed by atoms with E-state index in [1.54, 1.807) is 31.2 Å². The second-order valence-corrected chi connectivity index (χ2v) is 5.94. The van der Waals surface area contributed by atoms with Crippen molar-refractivity contribution in [3.05, 3.63) is 76.5 Å². The predicted molar refractivity (Wildman–Crippen MR) is 104 cm³/mol. The van der Waals surface area contributed by atoms with Crippen molar-refractivity contribution in [1.29, 1.82) is 0 Å². The Kier molecular flexibility index (Phi) is 7.14. The highest BCUT2D eigenvalue weighted by atomic mass is 35.5. The molecule has 2 aromatic carbocycles. The summed E-state index contributed by atoms with van der Waals surface area (Å²) >= 11 is 5.78. The van der Waals surface area contributed by atoms with Crippen molar-refractivity contribution >= 4 is 29.1 Å². The van der Waals surface area contributed by atoms with Crippen LogP contribution >= 0.6 is 11.6 Å². The van der Waals surface area contributed by atoms with Gasteiger partial charge in [0, 0.05) is 16.7 Å². The first kappa shape index (κ1) is 20.2. The van der Waals surface area contributed by atoms with Crippen molar-refractivity contribution in [3.8, 4) is 5.75 Å². The van der Waals surface area contributed by atoms with Crippen LogP contribution in [-0.2, 0) is 4.79 Å². The van der Waals surface area contributed by atoms with Gasteiger partial charge in [0.2, 0.25) is 0 Å². The molecule has 0 aliphatic rings. The third kappa shape index (κ3) is 5.97. The Bertz CT molecular complexity index is 872. The number of nitrogens with zero attached hydrogens (tertiary/aromatic N) is 1. The molecular weight excluding hydrogens is 368 g/mol. The third-order valence-corrected chi connectivity index (χ3v) is 3.81. The summed E-state index contributed by atoms with van der Waals surface area (Å²) in [5.74, 6) is -1.02. The lowest BCUT2D eigenvalue weighted by molar-refractivity contribution is -0.133. The maximum Gasteiger partial charge on any atom is 0.353 e. The van der Waals surface area contributed by atoms with Crippen LogP contribution < -0.4 is 10.2 Å². The van der Waals surface area contributed by atoms with E-state index in [4.69, 9.17) is 16.3 Å². The van der Waals surface area contributed by atoms with E-state index in [0.29, 0.717) is 22.9 Å². The first-order valence-corrected chi connectivity index (χ1v) is 8.57. The van der Waals surface area contributed by atoms with Gasteiger partial charge in [0.05, 0.1) is 12.3 Å². The number of allylic oxidation sites excluding steroid dienone is 1. The van der Waals surface area contributed by atoms with Crippen LogP contribution in [0.2, 0.25) is 5.02 Å². The molecule has 140 valence electrons. The van der Waals surface area contributed by atoms with Crippen molar-refractivity contribution < 1.29 is 19.4 Å². The molecule has 0 radical (unpaired) electrons. The second kappa shape index (κ2) is 9.54. The summed E-state index contributed by atoms with van der Waals surface area (Å²) in [6.07, 6.45) is 0.987. The number of nitrogens with one attached hydrogen (secondary N) is 1. The van der Waals surface area contributed by atoms with Crippen LogP contribution in [0.1, 0.15) is 29.8 Å². The van der Waals surface area contributed by atoms with E-state index in [2.05, 4.69) is 10.5 Å². The molecule has 0 spiro atoms. The molecular formula is C20H19ClN2O4. The van der Waals surface area contributed by atoms with Crippen molar-refractivity contribution in [2.75, 3.05) is 6.61 Å². The van der Waals surface area contributed by atoms with Gasteiger partial charge in [0.25, 0.3) is 0 Å². The number of halogens is 1. The Morgan fingerprint density at radius 2 is 1.70 bits per heavy atom. The quantitative estimate of drug-likeness (QED) is 0.311. The minimum atomic E-state index is -1.29. The molecule has 7 heteroatoms. The van der Waals surface area contributed by atoms with Gasteiger partial charge in [-0.15, -0.1) is 0 Å². The second-order valence-electron chi connectivity index (χ2n) is 5.50. The summed E-state index contributed by atoms with van der Waals surface area (Å²) in [6.45, 7) is 4.20. The molecule has 0 bridgehead atoms. The fourth-order valence-electron chi connectivity index (χ4n) is 2.14. The highest BCUT2D eigenvalue weighted by Crippen LogP contribution is 2.13. The maximum absolute atomic E-state index is 12.2. The number of rotatable bonds is 8. The van der Waals surface area contributed by atoms with E-state index in [1.165, 1.54) is 12.1 Å². The van der Waals surface area contributed by atoms with E-state index in [9.17, 15) is 14.7 Å². The summed E-state index contributed by atoms with van der Waals surface area (Å²) in [5.41, 5.74) is 3.78. The van der Waals surface area contributed by atoms with Gasteiger partial charge in [-0.25, -0.2) is 4.79 Å². The zero-order valence-corrected chi connectivity index (χ0v) is 15.7. The molecule has 0 atom stereocenters. The fraction of sp³-hybridized carbons (Fsp3) is 0.150. The van der Waals surface area contributed by atoms with E-state index < -0.39 is 11.8 Å². The molecule has 27 heavy (non-hydrogen) atoms. The summed E-state index contributed by atoms with van der Waals surface area (Å²) in [7, 11) is 0. The minimum absolute atomic E-state index is 0.326. The van der Waals surface area contributed by atoms with Crippen molar-refractivity contribution in [2.24, 2.45) is 5.10 Å². The molecule has 2 rings (SSSR count). The van der Waals surface area contributed by atoms with Crippen molar-refractivity contribution in [3.63, 3.8) is 0 Å². The first-order valence-electron chi connectivity index (χ1n) is 8.19. The number of carboxylic acids is 1. The molecule has 0 aliphatic carbocycles. The SMILES string of the molecule is CCOc1ccc(C(C)=NNC(=CC(=O)c2ccc(Cl)cc2)C(=O)O)cc1. The number of hydrogen-bond acceptors (Lipinski definition) is 5. The Morgan fingerprint density at radius 1 is 1.11 bits per heavy atom. The average molecular weight is 387 g/mol. The number of hydrogen-bond donors (Lipinski definition) is 2. The summed E-state index contributed by atoms with van der Waals surface area (Å²) in [6, 6.07) is 13.4. The van der Waals surface area contributed by atoms with Gasteiger partial charge in [-0.1, -0.05) is 11.6 Å². The Balaban J connectivity index is 2.14. The highest BCUT2D eigenvalue weighted by molar-refractivity contribution is 6.30. The maximum atomic E-state index is 12.2. The van der Waals surface area contributed by atoms with E-state index in [-0.39, 0.29) is 5.70 Å². The lowest BCUT2D eigenvalue weighted by atomic mass is 10.1. The van der Waals surface area contributed by atoms with Crippen LogP contribution in [0, 0.1) is 0 Å². The number of hydrazone groups is 1. The minimum Gasteiger partial charge on any atom is -0.494 e. The van der Waals surface area contributed by atoms with Crippen LogP contribution in [0.15, 0.2) is 65.4 Å². The van der Waals surface area contributed by atoms with Gasteiger partial charge in [-0.2, -0.15) is 5.10 Å². The Morgan fingerprint density at radius 3 is 2.26 bits per heavy atom. The lowest BCUT2D eigenvalue weighted by Crippen LogP contribution is -2.18. The molecule has 0 saturated heterocycles. The van der Waals surface area contributed by atoms with Gasteiger partial charge in [-0.05, 0) is 67.9 Å². The number of benzene rings is 2. The lowest BCUT2D eigenvalue weighted by Gasteiger charge is -2.06. The van der Waals surface area contributed by atoms with E-state index in [1.807, 2.05) is 19.1 Å². The monoisotopic (exact) mass is 386 g/mol. The smallest absolute Gasteiger partial charge is 0.353 e. The number of ether oxygens (including phenoxy) is 1. The van der Waals surface area contributed by atoms with Gasteiger partial charge >= 0.3 is 5.97 Å². The fourth-order valence-corrected chi connectivity index (χ4v) is 2.26. The standard InChI is InChI=1S/C20H19ClN2O4/c1-3-27-17-10-6-14(7-11-17)13(2)22-23-18(20(25)26)12-19(24)15-4-8-16(21)9-5-15/h4-12,23H,3H2,1-2H3,(H,25,26). The van der Waals surface area contributed by atoms with Gasteiger partial charge < -0.3 is 9.84 Å². The molecule has 0 amide bonds. The highest BCUT2D eigenvalue weighted by Gasteiger charge is 2.11. The van der Waals surface area contributed by atoms with Gasteiger partial charge in [0.1, 0.15) is 11.4 Å². The number of carbonyl (C=O) groups is 2. The van der Waals surface area contributed by atoms with Crippen molar-refractivity contribution in [1.82, 2.24) is 5.43 Å². The number of carboxylic acid groups (broad SMARTS) is 1. The zero-order valence-electron chi connectivity index (χ0n) is 14.9. The first-order chi connectivity index (χ1) is 12.9. The molecule has 0 aliphatic heterocycles. The molecule has 6 nitrogen and oxygen atoms in total. The van der Waals surface area contributed by atoms with Crippen LogP contribution in [0.4, 0.5) is 0 Å². The Labute approximate surface area is 162 Å². The third-order valence-electron chi connectivity index (χ3n) is 3.56. The predicted octanol–water partition coefficient (Wildman–Crippen LogP) is 3.90. The van der Waals surface area contributed by atoms with Crippen LogP contribution in [0.5, 0.6) is 5.75 Å². The van der Waals surface area contributed by atoms with Gasteiger partial charge in [-0.3, -0.25) is 10.2 Å². The summed E-state index contributed by atoms with van der Waals surface area (Å²) < 4.78 is 5.38.